The molecule has 0 heterocycles. The average molecular weight is 211 g/mol. The van der Waals surface area contributed by atoms with Crippen LogP contribution in [0.2, 0.25) is 0 Å². The van der Waals surface area contributed by atoms with Crippen LogP contribution in [0, 0.1) is 0 Å². The molecular weight excluding hydrogens is 200 g/mol. The maximum atomic E-state index is 3.57. The lowest BCUT2D eigenvalue weighted by Gasteiger charge is -2.10. The molecule has 0 bridgehead atoms. The molecule has 0 atom stereocenters. The SMILES string of the molecule is BrCC1(c2ccccc2)CC1. The molecule has 1 heteroatoms. The molecule has 0 unspecified atom stereocenters. The van der Waals surface area contributed by atoms with Crippen molar-refractivity contribution in [3.8, 4) is 0 Å². The number of rotatable bonds is 2. The molecule has 1 aromatic carbocycles. The lowest BCUT2D eigenvalue weighted by atomic mass is 9.99. The van der Waals surface area contributed by atoms with Crippen molar-refractivity contribution in [3.63, 3.8) is 0 Å². The summed E-state index contributed by atoms with van der Waals surface area (Å²) in [5.74, 6) is 0. The zero-order valence-corrected chi connectivity index (χ0v) is 7.97. The van der Waals surface area contributed by atoms with Gasteiger partial charge in [-0.15, -0.1) is 0 Å². The number of hydrogen-bond acceptors (Lipinski definition) is 0. The van der Waals surface area contributed by atoms with Crippen LogP contribution in [-0.2, 0) is 5.41 Å². The highest BCUT2D eigenvalue weighted by molar-refractivity contribution is 9.09. The molecule has 1 saturated carbocycles. The molecule has 0 spiro atoms. The van der Waals surface area contributed by atoms with Gasteiger partial charge in [0.25, 0.3) is 0 Å². The van der Waals surface area contributed by atoms with Crippen LogP contribution in [0.4, 0.5) is 0 Å². The molecular formula is C10H11Br. The van der Waals surface area contributed by atoms with E-state index in [0.717, 1.165) is 5.33 Å². The van der Waals surface area contributed by atoms with E-state index < -0.39 is 0 Å². The van der Waals surface area contributed by atoms with Gasteiger partial charge in [-0.3, -0.25) is 0 Å². The van der Waals surface area contributed by atoms with Crippen molar-refractivity contribution in [3.05, 3.63) is 35.9 Å². The molecule has 1 aromatic rings. The molecule has 0 radical (unpaired) electrons. The quantitative estimate of drug-likeness (QED) is 0.659. The van der Waals surface area contributed by atoms with E-state index >= 15 is 0 Å². The lowest BCUT2D eigenvalue weighted by molar-refractivity contribution is 0.809. The third kappa shape index (κ3) is 1.22. The minimum absolute atomic E-state index is 0.501. The Balaban J connectivity index is 2.30. The van der Waals surface area contributed by atoms with Crippen molar-refractivity contribution in [2.45, 2.75) is 18.3 Å². The zero-order valence-electron chi connectivity index (χ0n) is 6.39. The van der Waals surface area contributed by atoms with Gasteiger partial charge in [0.15, 0.2) is 0 Å². The van der Waals surface area contributed by atoms with Crippen LogP contribution in [-0.4, -0.2) is 5.33 Å². The Kier molecular flexibility index (Phi) is 1.76. The molecule has 0 nitrogen and oxygen atoms in total. The van der Waals surface area contributed by atoms with Gasteiger partial charge >= 0.3 is 0 Å². The zero-order chi connectivity index (χ0) is 7.73. The molecule has 0 saturated heterocycles. The number of halogens is 1. The molecule has 0 aliphatic heterocycles. The smallest absolute Gasteiger partial charge is 0.0129 e. The average Bonchev–Trinajstić information content (AvgIpc) is 2.86. The predicted molar refractivity (Wildman–Crippen MR) is 51.1 cm³/mol. The summed E-state index contributed by atoms with van der Waals surface area (Å²) in [4.78, 5) is 0. The third-order valence-electron chi connectivity index (χ3n) is 2.50. The van der Waals surface area contributed by atoms with Gasteiger partial charge in [0.05, 0.1) is 0 Å². The van der Waals surface area contributed by atoms with Gasteiger partial charge < -0.3 is 0 Å². The molecule has 0 aromatic heterocycles. The van der Waals surface area contributed by atoms with E-state index in [9.17, 15) is 0 Å². The van der Waals surface area contributed by atoms with Crippen molar-refractivity contribution in [1.82, 2.24) is 0 Å². The Hall–Kier alpha value is -0.300. The van der Waals surface area contributed by atoms with Crippen LogP contribution >= 0.6 is 15.9 Å². The van der Waals surface area contributed by atoms with E-state index in [4.69, 9.17) is 0 Å². The van der Waals surface area contributed by atoms with Gasteiger partial charge in [-0.05, 0) is 18.4 Å². The Morgan fingerprint density at radius 2 is 1.82 bits per heavy atom. The Bertz CT molecular complexity index is 236. The summed E-state index contributed by atoms with van der Waals surface area (Å²) in [6.07, 6.45) is 2.70. The summed E-state index contributed by atoms with van der Waals surface area (Å²) in [7, 11) is 0. The van der Waals surface area contributed by atoms with E-state index in [2.05, 4.69) is 46.3 Å². The highest BCUT2D eigenvalue weighted by atomic mass is 79.9. The third-order valence-corrected chi connectivity index (χ3v) is 3.57. The summed E-state index contributed by atoms with van der Waals surface area (Å²) in [5, 5.41) is 1.12. The fraction of sp³-hybridized carbons (Fsp3) is 0.400. The van der Waals surface area contributed by atoms with Gasteiger partial charge in [0, 0.05) is 10.7 Å². The molecule has 0 N–H and O–H groups in total. The number of benzene rings is 1. The van der Waals surface area contributed by atoms with Crippen molar-refractivity contribution >= 4 is 15.9 Å². The fourth-order valence-corrected chi connectivity index (χ4v) is 2.33. The van der Waals surface area contributed by atoms with Gasteiger partial charge in [-0.1, -0.05) is 46.3 Å². The highest BCUT2D eigenvalue weighted by Crippen LogP contribution is 2.49. The van der Waals surface area contributed by atoms with Crippen LogP contribution in [0.1, 0.15) is 18.4 Å². The summed E-state index contributed by atoms with van der Waals surface area (Å²) in [6.45, 7) is 0. The van der Waals surface area contributed by atoms with Crippen LogP contribution < -0.4 is 0 Å². The molecule has 0 amide bonds. The van der Waals surface area contributed by atoms with E-state index in [-0.39, 0.29) is 0 Å². The Morgan fingerprint density at radius 1 is 1.18 bits per heavy atom. The second-order valence-electron chi connectivity index (χ2n) is 3.28. The molecule has 1 aliphatic rings. The second-order valence-corrected chi connectivity index (χ2v) is 3.84. The summed E-state index contributed by atoms with van der Waals surface area (Å²) >= 11 is 3.57. The van der Waals surface area contributed by atoms with Crippen molar-refractivity contribution in [2.24, 2.45) is 0 Å². The largest absolute Gasteiger partial charge is 0.0918 e. The standard InChI is InChI=1S/C10H11Br/c11-8-10(6-7-10)9-4-2-1-3-5-9/h1-5H,6-8H2. The van der Waals surface area contributed by atoms with E-state index in [1.807, 2.05) is 0 Å². The Morgan fingerprint density at radius 3 is 2.27 bits per heavy atom. The van der Waals surface area contributed by atoms with Crippen molar-refractivity contribution < 1.29 is 0 Å². The summed E-state index contributed by atoms with van der Waals surface area (Å²) < 4.78 is 0. The van der Waals surface area contributed by atoms with Crippen molar-refractivity contribution in [1.29, 1.82) is 0 Å². The summed E-state index contributed by atoms with van der Waals surface area (Å²) in [5.41, 5.74) is 2.00. The van der Waals surface area contributed by atoms with Gasteiger partial charge in [-0.25, -0.2) is 0 Å². The molecule has 2 rings (SSSR count). The highest BCUT2D eigenvalue weighted by Gasteiger charge is 2.42. The first kappa shape index (κ1) is 7.35. The number of alkyl halides is 1. The topological polar surface area (TPSA) is 0 Å². The van der Waals surface area contributed by atoms with Gasteiger partial charge in [0.1, 0.15) is 0 Å². The second kappa shape index (κ2) is 2.63. The minimum Gasteiger partial charge on any atom is -0.0918 e. The van der Waals surface area contributed by atoms with Crippen LogP contribution in [0.15, 0.2) is 30.3 Å². The van der Waals surface area contributed by atoms with E-state index in [1.54, 1.807) is 0 Å². The monoisotopic (exact) mass is 210 g/mol. The first-order chi connectivity index (χ1) is 5.37. The van der Waals surface area contributed by atoms with E-state index in [0.29, 0.717) is 5.41 Å². The van der Waals surface area contributed by atoms with Crippen LogP contribution in [0.5, 0.6) is 0 Å². The Labute approximate surface area is 75.8 Å². The first-order valence-electron chi connectivity index (χ1n) is 3.99. The van der Waals surface area contributed by atoms with E-state index in [1.165, 1.54) is 18.4 Å². The molecule has 1 fully saturated rings. The van der Waals surface area contributed by atoms with Crippen LogP contribution in [0.25, 0.3) is 0 Å². The van der Waals surface area contributed by atoms with Gasteiger partial charge in [0.2, 0.25) is 0 Å². The van der Waals surface area contributed by atoms with Crippen LogP contribution in [0.3, 0.4) is 0 Å². The van der Waals surface area contributed by atoms with Gasteiger partial charge in [-0.2, -0.15) is 0 Å². The molecule has 1 aliphatic carbocycles. The first-order valence-corrected chi connectivity index (χ1v) is 5.11. The minimum atomic E-state index is 0.501. The normalized spacial score (nSPS) is 19.7. The van der Waals surface area contributed by atoms with Crippen molar-refractivity contribution in [2.75, 3.05) is 5.33 Å². The maximum Gasteiger partial charge on any atom is 0.0129 e. The number of hydrogen-bond donors (Lipinski definition) is 0. The lowest BCUT2D eigenvalue weighted by Crippen LogP contribution is -2.06. The molecule has 11 heavy (non-hydrogen) atoms. The predicted octanol–water partition coefficient (Wildman–Crippen LogP) is 3.11. The fourth-order valence-electron chi connectivity index (χ4n) is 1.44. The maximum absolute atomic E-state index is 3.57. The molecule has 58 valence electrons. The summed E-state index contributed by atoms with van der Waals surface area (Å²) in [6, 6.07) is 10.8.